The summed E-state index contributed by atoms with van der Waals surface area (Å²) in [5.41, 5.74) is -11.0. The molecule has 8 nitrogen and oxygen atoms in total. The summed E-state index contributed by atoms with van der Waals surface area (Å²) in [6.07, 6.45) is 0.121. The van der Waals surface area contributed by atoms with E-state index in [1.54, 1.807) is 0 Å². The van der Waals surface area contributed by atoms with Crippen LogP contribution in [0.1, 0.15) is 34.1 Å². The van der Waals surface area contributed by atoms with Crippen LogP contribution < -0.4 is 5.32 Å². The molecule has 1 heterocycles. The normalized spacial score (nSPS) is 27.9. The Morgan fingerprint density at radius 2 is 1.68 bits per heavy atom. The van der Waals surface area contributed by atoms with Crippen molar-refractivity contribution in [2.45, 2.75) is 45.2 Å². The van der Waals surface area contributed by atoms with Crippen molar-refractivity contribution >= 4 is 22.1 Å². The number of rotatable bonds is 4. The molecule has 144 valence electrons. The first kappa shape index (κ1) is 21.1. The summed E-state index contributed by atoms with van der Waals surface area (Å²) in [5.74, 6) is -4.22. The summed E-state index contributed by atoms with van der Waals surface area (Å²) < 4.78 is 63.9. The van der Waals surface area contributed by atoms with Crippen molar-refractivity contribution in [1.82, 2.24) is 5.32 Å². The Balaban J connectivity index is 3.60. The largest absolute Gasteiger partial charge is 0.534 e. The molecule has 0 amide bonds. The monoisotopic (exact) mass is 389 g/mol. The molecule has 1 aliphatic heterocycles. The van der Waals surface area contributed by atoms with Crippen molar-refractivity contribution in [3.8, 4) is 0 Å². The highest BCUT2D eigenvalue weighted by Gasteiger charge is 2.58. The summed E-state index contributed by atoms with van der Waals surface area (Å²) in [5, 5.41) is 21.0. The van der Waals surface area contributed by atoms with E-state index >= 15 is 0 Å². The standard InChI is InChI=1S/C13H18F3NO7S/c1-10(2,3)12(9(20)21)5-7(17-11(4,6-12)8(18)19)24-25(22,23)13(14,15)16/h5,17H,6H2,1-4H3,(H,18,19)(H,20,21). The maximum Gasteiger partial charge on any atom is 0.534 e. The highest BCUT2D eigenvalue weighted by molar-refractivity contribution is 7.87. The molecule has 2 atom stereocenters. The van der Waals surface area contributed by atoms with Gasteiger partial charge in [0.2, 0.25) is 5.88 Å². The Kier molecular flexibility index (Phi) is 4.87. The lowest BCUT2D eigenvalue weighted by Crippen LogP contribution is -2.60. The molecular formula is C13H18F3NO7S. The molecule has 25 heavy (non-hydrogen) atoms. The van der Waals surface area contributed by atoms with Crippen LogP contribution in [0.2, 0.25) is 0 Å². The summed E-state index contributed by atoms with van der Waals surface area (Å²) >= 11 is 0. The minimum absolute atomic E-state index is 0.549. The van der Waals surface area contributed by atoms with Crippen molar-refractivity contribution in [1.29, 1.82) is 0 Å². The molecular weight excluding hydrogens is 371 g/mol. The highest BCUT2D eigenvalue weighted by Crippen LogP contribution is 2.49. The fourth-order valence-corrected chi connectivity index (χ4v) is 2.88. The number of carboxylic acids is 2. The zero-order valence-electron chi connectivity index (χ0n) is 13.8. The molecule has 1 rings (SSSR count). The van der Waals surface area contributed by atoms with Gasteiger partial charge >= 0.3 is 27.6 Å². The smallest absolute Gasteiger partial charge is 0.481 e. The zero-order chi connectivity index (χ0) is 20.1. The van der Waals surface area contributed by atoms with Gasteiger partial charge in [-0.05, 0) is 18.4 Å². The Labute approximate surface area is 141 Å². The molecule has 0 aromatic rings. The maximum absolute atomic E-state index is 12.5. The van der Waals surface area contributed by atoms with Gasteiger partial charge in [-0.3, -0.25) is 4.79 Å². The Morgan fingerprint density at radius 1 is 1.20 bits per heavy atom. The van der Waals surface area contributed by atoms with Gasteiger partial charge in [0, 0.05) is 6.42 Å². The van der Waals surface area contributed by atoms with Crippen LogP contribution in [-0.2, 0) is 23.9 Å². The highest BCUT2D eigenvalue weighted by atomic mass is 32.2. The van der Waals surface area contributed by atoms with Crippen LogP contribution in [0.25, 0.3) is 0 Å². The molecule has 0 saturated carbocycles. The van der Waals surface area contributed by atoms with Gasteiger partial charge in [-0.15, -0.1) is 0 Å². The lowest BCUT2D eigenvalue weighted by atomic mass is 9.60. The second-order valence-corrected chi connectivity index (χ2v) is 8.50. The van der Waals surface area contributed by atoms with Gasteiger partial charge in [-0.25, -0.2) is 4.79 Å². The summed E-state index contributed by atoms with van der Waals surface area (Å²) in [4.78, 5) is 23.4. The minimum atomic E-state index is -6.11. The number of hydrogen-bond donors (Lipinski definition) is 3. The minimum Gasteiger partial charge on any atom is -0.481 e. The quantitative estimate of drug-likeness (QED) is 0.489. The van der Waals surface area contributed by atoms with Gasteiger partial charge in [0.25, 0.3) is 0 Å². The molecule has 0 aromatic heterocycles. The summed E-state index contributed by atoms with van der Waals surface area (Å²) in [7, 11) is -6.11. The van der Waals surface area contributed by atoms with Gasteiger partial charge in [-0.1, -0.05) is 20.8 Å². The van der Waals surface area contributed by atoms with Crippen LogP contribution >= 0.6 is 0 Å². The molecule has 0 aromatic carbocycles. The molecule has 3 N–H and O–H groups in total. The number of aliphatic carboxylic acids is 2. The SMILES string of the molecule is CC1(C(=O)O)CC(C(=O)O)(C(C)(C)C)C=C(OS(=O)(=O)C(F)(F)F)N1. The van der Waals surface area contributed by atoms with Crippen molar-refractivity contribution in [3.05, 3.63) is 12.0 Å². The topological polar surface area (TPSA) is 130 Å². The molecule has 0 aliphatic carbocycles. The van der Waals surface area contributed by atoms with E-state index in [1.807, 2.05) is 5.32 Å². The van der Waals surface area contributed by atoms with Crippen LogP contribution in [0.15, 0.2) is 12.0 Å². The molecule has 0 saturated heterocycles. The lowest BCUT2D eigenvalue weighted by Gasteiger charge is -2.47. The second kappa shape index (κ2) is 5.78. The predicted molar refractivity (Wildman–Crippen MR) is 77.5 cm³/mol. The third-order valence-electron chi connectivity index (χ3n) is 4.08. The van der Waals surface area contributed by atoms with Crippen molar-refractivity contribution in [3.63, 3.8) is 0 Å². The van der Waals surface area contributed by atoms with Gasteiger partial charge in [0.15, 0.2) is 0 Å². The molecule has 0 fully saturated rings. The van der Waals surface area contributed by atoms with Gasteiger partial charge in [0.1, 0.15) is 5.54 Å². The second-order valence-electron chi connectivity index (χ2n) is 6.96. The first-order valence-corrected chi connectivity index (χ1v) is 8.27. The molecule has 0 radical (unpaired) electrons. The summed E-state index contributed by atoms with van der Waals surface area (Å²) in [6, 6.07) is 0. The van der Waals surface area contributed by atoms with E-state index in [4.69, 9.17) is 0 Å². The van der Waals surface area contributed by atoms with Crippen molar-refractivity contribution < 1.29 is 45.6 Å². The first-order valence-electron chi connectivity index (χ1n) is 6.87. The van der Waals surface area contributed by atoms with Crippen LogP contribution in [0.4, 0.5) is 13.2 Å². The maximum atomic E-state index is 12.5. The van der Waals surface area contributed by atoms with Gasteiger partial charge in [0.05, 0.1) is 5.41 Å². The summed E-state index contributed by atoms with van der Waals surface area (Å²) in [6.45, 7) is 5.32. The number of halogens is 3. The van der Waals surface area contributed by atoms with E-state index in [0.29, 0.717) is 6.08 Å². The number of hydrogen-bond acceptors (Lipinski definition) is 6. The predicted octanol–water partition coefficient (Wildman–Crippen LogP) is 1.65. The number of carboxylic acid groups (broad SMARTS) is 2. The Hall–Kier alpha value is -1.98. The fraction of sp³-hybridized carbons (Fsp3) is 0.692. The van der Waals surface area contributed by atoms with Gasteiger partial charge in [-0.2, -0.15) is 21.6 Å². The molecule has 12 heteroatoms. The lowest BCUT2D eigenvalue weighted by molar-refractivity contribution is -0.158. The van der Waals surface area contributed by atoms with Crippen molar-refractivity contribution in [2.24, 2.45) is 10.8 Å². The van der Waals surface area contributed by atoms with E-state index in [9.17, 15) is 41.4 Å². The average Bonchev–Trinajstić information content (AvgIpc) is 2.34. The number of carbonyl (C=O) groups is 2. The number of nitrogens with one attached hydrogen (secondary N) is 1. The van der Waals surface area contributed by atoms with E-state index < -0.39 is 56.2 Å². The van der Waals surface area contributed by atoms with E-state index in [-0.39, 0.29) is 0 Å². The fourth-order valence-electron chi connectivity index (χ4n) is 2.46. The number of alkyl halides is 3. The van der Waals surface area contributed by atoms with Crippen molar-refractivity contribution in [2.75, 3.05) is 0 Å². The third-order valence-corrected chi connectivity index (χ3v) is 5.05. The molecule has 2 unspecified atom stereocenters. The van der Waals surface area contributed by atoms with Crippen LogP contribution in [-0.4, -0.2) is 41.6 Å². The van der Waals surface area contributed by atoms with Crippen LogP contribution in [0, 0.1) is 10.8 Å². The Morgan fingerprint density at radius 3 is 2.00 bits per heavy atom. The van der Waals surface area contributed by atoms with Crippen LogP contribution in [0.3, 0.4) is 0 Å². The average molecular weight is 389 g/mol. The van der Waals surface area contributed by atoms with Gasteiger partial charge < -0.3 is 19.7 Å². The molecule has 1 aliphatic rings. The Bertz CT molecular complexity index is 723. The van der Waals surface area contributed by atoms with E-state index in [0.717, 1.165) is 6.92 Å². The molecule has 0 bridgehead atoms. The third kappa shape index (κ3) is 3.67. The van der Waals surface area contributed by atoms with E-state index in [2.05, 4.69) is 4.18 Å². The first-order chi connectivity index (χ1) is 10.9. The van der Waals surface area contributed by atoms with E-state index in [1.165, 1.54) is 20.8 Å². The molecule has 0 spiro atoms. The zero-order valence-corrected chi connectivity index (χ0v) is 14.6. The van der Waals surface area contributed by atoms with Crippen LogP contribution in [0.5, 0.6) is 0 Å².